The second-order valence-electron chi connectivity index (χ2n) is 14.6. The fraction of sp³-hybridized carbons (Fsp3) is 0.378. The summed E-state index contributed by atoms with van der Waals surface area (Å²) in [6, 6.07) is 12.8. The van der Waals surface area contributed by atoms with Crippen molar-refractivity contribution in [2.75, 3.05) is 31.3 Å². The van der Waals surface area contributed by atoms with Gasteiger partial charge < -0.3 is 39.5 Å². The van der Waals surface area contributed by atoms with Crippen molar-refractivity contribution in [3.8, 4) is 11.5 Å². The average molecular weight is 941 g/mol. The van der Waals surface area contributed by atoms with E-state index < -0.39 is 82.7 Å². The molecule has 0 spiro atoms. The Labute approximate surface area is 367 Å². The zero-order valence-electron chi connectivity index (χ0n) is 33.4. The summed E-state index contributed by atoms with van der Waals surface area (Å²) in [5.41, 5.74) is 13.3. The monoisotopic (exact) mass is 940 g/mol. The summed E-state index contributed by atoms with van der Waals surface area (Å²) in [6.45, 7) is -3.48. The highest BCUT2D eigenvalue weighted by Gasteiger charge is 2.54. The Morgan fingerprint density at radius 1 is 0.797 bits per heavy atom. The van der Waals surface area contributed by atoms with E-state index in [1.807, 2.05) is 6.92 Å². The van der Waals surface area contributed by atoms with Crippen LogP contribution >= 0.6 is 25.7 Å². The predicted octanol–water partition coefficient (Wildman–Crippen LogP) is 5.44. The number of carbonyl (C=O) groups excluding carboxylic acids is 1. The number of anilines is 2. The number of fused-ring (bicyclic) bond motifs is 4. The number of alkyl halides is 2. The molecule has 2 aromatic carbocycles. The number of ether oxygens (including phenoxy) is 4. The van der Waals surface area contributed by atoms with Crippen LogP contribution in [0.5, 0.6) is 11.5 Å². The molecule has 4 N–H and O–H groups in total. The second-order valence-corrected chi connectivity index (χ2v) is 20.2. The molecule has 0 bridgehead atoms. The first-order valence-electron chi connectivity index (χ1n) is 19.6. The van der Waals surface area contributed by atoms with Gasteiger partial charge in [0.25, 0.3) is 7.47 Å². The highest BCUT2D eigenvalue weighted by molar-refractivity contribution is 8.54. The summed E-state index contributed by atoms with van der Waals surface area (Å²) in [6.07, 6.45) is -8.09. The number of nitrogen functional groups attached to an aromatic ring is 2. The van der Waals surface area contributed by atoms with Crippen LogP contribution in [0.3, 0.4) is 0 Å². The SMILES string of the molecule is [B][P@]1(=O)OC[C@H]2O[C@@H](n3cnc4c(N)ncnc43)[C@H](F)[C@@H]2O[P@](=O)(SCc2ccc(OC(=O)c3ccc(OCCC)cc3)cc2)OC[C@H]2O[C@@H](n3cnc4c(N)ncnc43)[C@H](F)[C@@H]2O1. The number of benzene rings is 2. The average Bonchev–Trinajstić information content (AvgIpc) is 4.06. The fourth-order valence-electron chi connectivity index (χ4n) is 7.14. The van der Waals surface area contributed by atoms with Crippen LogP contribution < -0.4 is 20.9 Å². The third-order valence-corrected chi connectivity index (χ3v) is 15.0. The maximum Gasteiger partial charge on any atom is 0.389 e. The highest BCUT2D eigenvalue weighted by atomic mass is 32.7. The van der Waals surface area contributed by atoms with E-state index >= 15 is 8.78 Å². The molecule has 0 amide bonds. The molecule has 2 radical (unpaired) electrons. The number of imidazole rings is 2. The van der Waals surface area contributed by atoms with Gasteiger partial charge in [0.2, 0.25) is 7.57 Å². The van der Waals surface area contributed by atoms with Gasteiger partial charge in [0, 0.05) is 5.75 Å². The largest absolute Gasteiger partial charge is 0.494 e. The second kappa shape index (κ2) is 18.1. The van der Waals surface area contributed by atoms with E-state index in [-0.39, 0.29) is 45.5 Å². The standard InChI is InChI=1S/C37H37BF2N10O11P2S/c1-2-11-54-21-9-5-20(6-10-21)37(51)57-22-7-3-19(4-8-22)14-64-63(53)56-13-24-29(25(39)35(59-24)49-17-47-27-31(41)43-15-45-33(27)49)60-62(38,52)55-12-23-30(61-63)26(40)36(58-23)50-18-48-28-32(42)44-16-46-34(28)50/h3-10,15-18,23-26,29-30,35-36H,2,11-14H2,1H3,(H2,41,43,45)(H2,42,44,46)/t23-,24-,25-,26-,29-,30-,35-,36-,62+,63-/m1/s1. The maximum absolute atomic E-state index is 16.8. The predicted molar refractivity (Wildman–Crippen MR) is 225 cm³/mol. The lowest BCUT2D eigenvalue weighted by molar-refractivity contribution is -0.0546. The number of nitrogens with zero attached hydrogens (tertiary/aromatic N) is 8. The molecule has 0 aliphatic carbocycles. The molecule has 9 rings (SSSR count). The minimum Gasteiger partial charge on any atom is -0.494 e. The van der Waals surface area contributed by atoms with Crippen molar-refractivity contribution in [2.45, 2.75) is 68.3 Å². The number of hydrogen-bond donors (Lipinski definition) is 2. The fourth-order valence-corrected chi connectivity index (χ4v) is 11.5. The van der Waals surface area contributed by atoms with Gasteiger partial charge in [0.15, 0.2) is 47.7 Å². The van der Waals surface area contributed by atoms with E-state index in [1.54, 1.807) is 36.4 Å². The van der Waals surface area contributed by atoms with Crippen molar-refractivity contribution < 1.29 is 59.7 Å². The van der Waals surface area contributed by atoms with Crippen LogP contribution in [0.25, 0.3) is 22.3 Å². The quantitative estimate of drug-likeness (QED) is 0.0749. The van der Waals surface area contributed by atoms with Crippen LogP contribution in [0.1, 0.15) is 41.7 Å². The van der Waals surface area contributed by atoms with Crippen molar-refractivity contribution in [2.24, 2.45) is 0 Å². The molecular weight excluding hydrogens is 903 g/mol. The Hall–Kier alpha value is -5.10. The van der Waals surface area contributed by atoms with Gasteiger partial charge in [0.1, 0.15) is 59.6 Å². The van der Waals surface area contributed by atoms with Crippen molar-refractivity contribution in [1.82, 2.24) is 39.0 Å². The van der Waals surface area contributed by atoms with Crippen molar-refractivity contribution in [3.63, 3.8) is 0 Å². The molecule has 10 atom stereocenters. The molecule has 3 aliphatic rings. The van der Waals surface area contributed by atoms with Gasteiger partial charge in [0.05, 0.1) is 38.0 Å². The smallest absolute Gasteiger partial charge is 0.389 e. The number of nitrogens with two attached hydrogens (primary N) is 2. The normalized spacial score (nSPS) is 29.7. The number of hydrogen-bond acceptors (Lipinski definition) is 20. The van der Waals surface area contributed by atoms with Crippen LogP contribution in [0.2, 0.25) is 0 Å². The Bertz CT molecular complexity index is 2760. The first kappa shape index (κ1) is 44.1. The number of halogens is 2. The van der Waals surface area contributed by atoms with E-state index in [9.17, 15) is 13.9 Å². The Kier molecular flexibility index (Phi) is 12.4. The summed E-state index contributed by atoms with van der Waals surface area (Å²) in [4.78, 5) is 37.3. The molecule has 0 saturated carbocycles. The van der Waals surface area contributed by atoms with Gasteiger partial charge in [-0.15, -0.1) is 0 Å². The summed E-state index contributed by atoms with van der Waals surface area (Å²) in [7, 11) is 1.31. The molecular formula is C37H37BF2N10O11P2S. The Balaban J connectivity index is 0.975. The molecule has 3 aliphatic heterocycles. The summed E-state index contributed by atoms with van der Waals surface area (Å²) in [5.74, 6) is 0.239. The van der Waals surface area contributed by atoms with E-state index in [4.69, 9.17) is 56.1 Å². The summed E-state index contributed by atoms with van der Waals surface area (Å²) >= 11 is 0.674. The third-order valence-electron chi connectivity index (χ3n) is 10.3. The molecule has 4 aromatic heterocycles. The first-order chi connectivity index (χ1) is 30.8. The Morgan fingerprint density at radius 3 is 1.92 bits per heavy atom. The van der Waals surface area contributed by atoms with Crippen molar-refractivity contribution in [1.29, 1.82) is 0 Å². The lowest BCUT2D eigenvalue weighted by Gasteiger charge is -2.30. The van der Waals surface area contributed by atoms with E-state index in [0.29, 0.717) is 34.9 Å². The van der Waals surface area contributed by atoms with Crippen molar-refractivity contribution in [3.05, 3.63) is 85.0 Å². The summed E-state index contributed by atoms with van der Waals surface area (Å²) < 4.78 is 111. The number of esters is 1. The molecule has 0 unspecified atom stereocenters. The third kappa shape index (κ3) is 8.96. The van der Waals surface area contributed by atoms with Gasteiger partial charge in [-0.1, -0.05) is 19.1 Å². The van der Waals surface area contributed by atoms with E-state index in [0.717, 1.165) is 19.1 Å². The number of carbonyl (C=O) groups is 1. The van der Waals surface area contributed by atoms with Gasteiger partial charge >= 0.3 is 12.8 Å². The van der Waals surface area contributed by atoms with Crippen LogP contribution in [0.4, 0.5) is 20.4 Å². The van der Waals surface area contributed by atoms with Gasteiger partial charge in [-0.2, -0.15) is 0 Å². The molecule has 64 heavy (non-hydrogen) atoms. The lowest BCUT2D eigenvalue weighted by Crippen LogP contribution is -2.37. The van der Waals surface area contributed by atoms with Crippen LogP contribution in [0, 0.1) is 0 Å². The van der Waals surface area contributed by atoms with Crippen LogP contribution in [0.15, 0.2) is 73.8 Å². The minimum atomic E-state index is -4.69. The van der Waals surface area contributed by atoms with Crippen LogP contribution in [-0.2, 0) is 42.5 Å². The van der Waals surface area contributed by atoms with Crippen LogP contribution in [-0.4, -0.2) is 109 Å². The molecule has 3 fully saturated rings. The number of rotatable bonds is 10. The zero-order chi connectivity index (χ0) is 44.8. The molecule has 7 heterocycles. The van der Waals surface area contributed by atoms with E-state index in [2.05, 4.69) is 29.9 Å². The summed E-state index contributed by atoms with van der Waals surface area (Å²) in [5, 5.41) is 0. The van der Waals surface area contributed by atoms with Crippen molar-refractivity contribution >= 4 is 73.2 Å². The minimum absolute atomic E-state index is 0.0211. The molecule has 3 saturated heterocycles. The van der Waals surface area contributed by atoms with Gasteiger partial charge in [-0.3, -0.25) is 22.7 Å². The van der Waals surface area contributed by atoms with Gasteiger partial charge in [-0.05, 0) is 59.8 Å². The first-order valence-corrected chi connectivity index (χ1v) is 24.3. The lowest BCUT2D eigenvalue weighted by atomic mass is 10.1. The molecule has 27 heteroatoms. The number of aromatic nitrogens is 8. The van der Waals surface area contributed by atoms with Gasteiger partial charge in [-0.25, -0.2) is 48.0 Å². The molecule has 21 nitrogen and oxygen atoms in total. The highest BCUT2D eigenvalue weighted by Crippen LogP contribution is 2.65. The molecule has 334 valence electrons. The Morgan fingerprint density at radius 2 is 1.34 bits per heavy atom. The van der Waals surface area contributed by atoms with E-state index in [1.165, 1.54) is 33.9 Å². The zero-order valence-corrected chi connectivity index (χ0v) is 36.0. The maximum atomic E-state index is 16.8. The topological polar surface area (TPSA) is 264 Å². The molecule has 6 aromatic rings.